The lowest BCUT2D eigenvalue weighted by Gasteiger charge is -2.04. The Labute approximate surface area is 111 Å². The average molecular weight is 261 g/mol. The summed E-state index contributed by atoms with van der Waals surface area (Å²) in [7, 11) is 1.94. The van der Waals surface area contributed by atoms with Gasteiger partial charge in [0.2, 0.25) is 0 Å². The topological polar surface area (TPSA) is 12.0 Å². The van der Waals surface area contributed by atoms with E-state index in [2.05, 4.69) is 29.6 Å². The lowest BCUT2D eigenvalue weighted by molar-refractivity contribution is 0.627. The van der Waals surface area contributed by atoms with Crippen LogP contribution in [0.25, 0.3) is 0 Å². The van der Waals surface area contributed by atoms with E-state index < -0.39 is 0 Å². The van der Waals surface area contributed by atoms with Gasteiger partial charge in [-0.25, -0.2) is 4.39 Å². The quantitative estimate of drug-likeness (QED) is 0.821. The van der Waals surface area contributed by atoms with Crippen LogP contribution in [0, 0.1) is 5.82 Å². The van der Waals surface area contributed by atoms with Crippen molar-refractivity contribution in [2.75, 3.05) is 7.05 Å². The Hall–Kier alpha value is -1.32. The number of nitrogens with one attached hydrogen (secondary N) is 1. The molecule has 0 bridgehead atoms. The first-order valence-corrected chi connectivity index (χ1v) is 6.87. The maximum absolute atomic E-state index is 12.8. The molecule has 18 heavy (non-hydrogen) atoms. The second-order valence-corrected chi connectivity index (χ2v) is 5.14. The molecule has 0 radical (unpaired) electrons. The van der Waals surface area contributed by atoms with Crippen molar-refractivity contribution in [3.8, 4) is 0 Å². The molecule has 0 aliphatic heterocycles. The Balaban J connectivity index is 1.91. The molecule has 0 heterocycles. The number of halogens is 1. The Bertz CT molecular complexity index is 479. The van der Waals surface area contributed by atoms with Gasteiger partial charge in [-0.3, -0.25) is 0 Å². The lowest BCUT2D eigenvalue weighted by Crippen LogP contribution is -2.04. The van der Waals surface area contributed by atoms with E-state index in [1.54, 1.807) is 11.8 Å². The predicted molar refractivity (Wildman–Crippen MR) is 75.2 cm³/mol. The summed E-state index contributed by atoms with van der Waals surface area (Å²) in [4.78, 5) is 1.24. The highest BCUT2D eigenvalue weighted by Crippen LogP contribution is 2.23. The molecular weight excluding hydrogens is 245 g/mol. The van der Waals surface area contributed by atoms with Crippen molar-refractivity contribution in [1.82, 2.24) is 5.32 Å². The van der Waals surface area contributed by atoms with Gasteiger partial charge in [-0.15, -0.1) is 11.8 Å². The van der Waals surface area contributed by atoms with Gasteiger partial charge in [-0.05, 0) is 42.4 Å². The molecule has 2 aromatic carbocycles. The third-order valence-corrected chi connectivity index (χ3v) is 3.71. The van der Waals surface area contributed by atoms with Crippen molar-refractivity contribution >= 4 is 11.8 Å². The Kier molecular flexibility index (Phi) is 4.79. The number of thioether (sulfide) groups is 1. The lowest BCUT2D eigenvalue weighted by atomic mass is 10.2. The second-order valence-electron chi connectivity index (χ2n) is 4.09. The van der Waals surface area contributed by atoms with Gasteiger partial charge in [0, 0.05) is 17.2 Å². The minimum Gasteiger partial charge on any atom is -0.316 e. The number of rotatable bonds is 5. The monoisotopic (exact) mass is 261 g/mol. The van der Waals surface area contributed by atoms with Crippen LogP contribution in [0.5, 0.6) is 0 Å². The predicted octanol–water partition coefficient (Wildman–Crippen LogP) is 3.84. The van der Waals surface area contributed by atoms with Crippen molar-refractivity contribution in [1.29, 1.82) is 0 Å². The van der Waals surface area contributed by atoms with E-state index in [1.165, 1.54) is 22.6 Å². The summed E-state index contributed by atoms with van der Waals surface area (Å²) in [5.74, 6) is 0.686. The highest BCUT2D eigenvalue weighted by molar-refractivity contribution is 7.98. The maximum atomic E-state index is 12.8. The molecule has 0 spiro atoms. The molecular formula is C15H16FNS. The molecule has 0 atom stereocenters. The third-order valence-electron chi connectivity index (χ3n) is 2.62. The third kappa shape index (κ3) is 3.86. The molecule has 3 heteroatoms. The van der Waals surface area contributed by atoms with Crippen LogP contribution in [0.2, 0.25) is 0 Å². The highest BCUT2D eigenvalue weighted by atomic mass is 32.2. The summed E-state index contributed by atoms with van der Waals surface area (Å²) in [6.45, 7) is 0.892. The molecule has 2 rings (SSSR count). The first-order chi connectivity index (χ1) is 8.78. The Morgan fingerprint density at radius 2 is 1.56 bits per heavy atom. The van der Waals surface area contributed by atoms with E-state index >= 15 is 0 Å². The van der Waals surface area contributed by atoms with E-state index in [9.17, 15) is 4.39 Å². The van der Waals surface area contributed by atoms with Crippen LogP contribution in [-0.2, 0) is 12.3 Å². The zero-order chi connectivity index (χ0) is 12.8. The fourth-order valence-corrected chi connectivity index (χ4v) is 2.51. The number of benzene rings is 2. The zero-order valence-electron chi connectivity index (χ0n) is 10.3. The minimum atomic E-state index is -0.180. The molecule has 94 valence electrons. The molecule has 0 saturated heterocycles. The standard InChI is InChI=1S/C15H16FNS/c1-17-10-12-4-8-15(9-5-12)18-11-13-2-6-14(16)7-3-13/h2-9,17H,10-11H2,1H3. The van der Waals surface area contributed by atoms with Gasteiger partial charge in [0.25, 0.3) is 0 Å². The first kappa shape index (κ1) is 13.1. The molecule has 0 fully saturated rings. The normalized spacial score (nSPS) is 10.6. The van der Waals surface area contributed by atoms with Crippen LogP contribution in [0.4, 0.5) is 4.39 Å². The molecule has 2 aromatic rings. The first-order valence-electron chi connectivity index (χ1n) is 5.89. The maximum Gasteiger partial charge on any atom is 0.123 e. The summed E-state index contributed by atoms with van der Waals surface area (Å²) in [6, 6.07) is 15.2. The molecule has 0 amide bonds. The molecule has 0 aromatic heterocycles. The van der Waals surface area contributed by atoms with Crippen LogP contribution in [0.15, 0.2) is 53.4 Å². The molecule has 1 nitrogen and oxygen atoms in total. The van der Waals surface area contributed by atoms with Crippen LogP contribution in [0.1, 0.15) is 11.1 Å². The zero-order valence-corrected chi connectivity index (χ0v) is 11.1. The van der Waals surface area contributed by atoms with Gasteiger partial charge in [0.05, 0.1) is 0 Å². The van der Waals surface area contributed by atoms with E-state index in [-0.39, 0.29) is 5.82 Å². The smallest absolute Gasteiger partial charge is 0.123 e. The fraction of sp³-hybridized carbons (Fsp3) is 0.200. The second kappa shape index (κ2) is 6.57. The molecule has 1 N–H and O–H groups in total. The van der Waals surface area contributed by atoms with Gasteiger partial charge < -0.3 is 5.32 Å². The molecule has 0 unspecified atom stereocenters. The van der Waals surface area contributed by atoms with E-state index in [1.807, 2.05) is 19.2 Å². The Morgan fingerprint density at radius 1 is 0.944 bits per heavy atom. The van der Waals surface area contributed by atoms with Gasteiger partial charge in [0.15, 0.2) is 0 Å². The SMILES string of the molecule is CNCc1ccc(SCc2ccc(F)cc2)cc1. The fourth-order valence-electron chi connectivity index (χ4n) is 1.65. The van der Waals surface area contributed by atoms with Crippen molar-refractivity contribution in [3.63, 3.8) is 0 Å². The van der Waals surface area contributed by atoms with E-state index in [0.717, 1.165) is 17.9 Å². The van der Waals surface area contributed by atoms with Crippen molar-refractivity contribution < 1.29 is 4.39 Å². The van der Waals surface area contributed by atoms with Crippen molar-refractivity contribution in [2.45, 2.75) is 17.2 Å². The number of hydrogen-bond acceptors (Lipinski definition) is 2. The van der Waals surface area contributed by atoms with Gasteiger partial charge in [0.1, 0.15) is 5.82 Å². The molecule has 0 aliphatic rings. The molecule has 0 aliphatic carbocycles. The van der Waals surface area contributed by atoms with Crippen LogP contribution in [0.3, 0.4) is 0 Å². The van der Waals surface area contributed by atoms with E-state index in [0.29, 0.717) is 0 Å². The highest BCUT2D eigenvalue weighted by Gasteiger charge is 1.98. The summed E-state index contributed by atoms with van der Waals surface area (Å²) in [5, 5.41) is 3.12. The van der Waals surface area contributed by atoms with Crippen LogP contribution < -0.4 is 5.32 Å². The largest absolute Gasteiger partial charge is 0.316 e. The molecule has 0 saturated carbocycles. The van der Waals surface area contributed by atoms with E-state index in [4.69, 9.17) is 0 Å². The van der Waals surface area contributed by atoms with Crippen LogP contribution in [-0.4, -0.2) is 7.05 Å². The summed E-state index contributed by atoms with van der Waals surface area (Å²) < 4.78 is 12.8. The van der Waals surface area contributed by atoms with Gasteiger partial charge in [-0.1, -0.05) is 24.3 Å². The van der Waals surface area contributed by atoms with Gasteiger partial charge in [-0.2, -0.15) is 0 Å². The summed E-state index contributed by atoms with van der Waals surface area (Å²) in [6.07, 6.45) is 0. The Morgan fingerprint density at radius 3 is 2.17 bits per heavy atom. The average Bonchev–Trinajstić information content (AvgIpc) is 2.40. The summed E-state index contributed by atoms with van der Waals surface area (Å²) >= 11 is 1.76. The van der Waals surface area contributed by atoms with Gasteiger partial charge >= 0.3 is 0 Å². The van der Waals surface area contributed by atoms with Crippen LogP contribution >= 0.6 is 11.8 Å². The number of hydrogen-bond donors (Lipinski definition) is 1. The minimum absolute atomic E-state index is 0.180. The van der Waals surface area contributed by atoms with Crippen molar-refractivity contribution in [2.24, 2.45) is 0 Å². The van der Waals surface area contributed by atoms with Crippen molar-refractivity contribution in [3.05, 3.63) is 65.5 Å². The summed E-state index contributed by atoms with van der Waals surface area (Å²) in [5.41, 5.74) is 2.42.